The average molecular weight is 334 g/mol. The number of rotatable bonds is 5. The fourth-order valence-electron chi connectivity index (χ4n) is 2.73. The van der Waals surface area contributed by atoms with Gasteiger partial charge in [0.05, 0.1) is 24.3 Å². The lowest BCUT2D eigenvalue weighted by molar-refractivity contribution is -0.143. The molecular weight excluding hydrogens is 312 g/mol. The number of hydrogen-bond donors (Lipinski definition) is 1. The predicted molar refractivity (Wildman–Crippen MR) is 87.9 cm³/mol. The minimum atomic E-state index is -0.418. The molecule has 0 saturated heterocycles. The summed E-state index contributed by atoms with van der Waals surface area (Å²) in [6, 6.07) is 4.22. The largest absolute Gasteiger partial charge is 0.508 e. The quantitative estimate of drug-likeness (QED) is 0.826. The number of esters is 1. The third-order valence-corrected chi connectivity index (χ3v) is 3.76. The molecule has 0 bridgehead atoms. The molecule has 0 saturated carbocycles. The standard InChI is InChI=1S/C17H22N2O5/c1-4-24-16(22)7-8-18-10-15(21)19(11(2)3)14-6-5-12(20)9-13(14)17(18)23/h5-6,9,11,20H,4,7-8,10H2,1-3H3. The number of carbonyl (C=O) groups is 3. The highest BCUT2D eigenvalue weighted by Crippen LogP contribution is 2.30. The molecular formula is C17H22N2O5. The maximum atomic E-state index is 12.8. The zero-order valence-corrected chi connectivity index (χ0v) is 14.1. The molecule has 0 fully saturated rings. The van der Waals surface area contributed by atoms with Gasteiger partial charge in [-0.1, -0.05) is 0 Å². The Morgan fingerprint density at radius 3 is 2.67 bits per heavy atom. The molecule has 1 N–H and O–H groups in total. The molecule has 7 nitrogen and oxygen atoms in total. The van der Waals surface area contributed by atoms with Gasteiger partial charge >= 0.3 is 5.97 Å². The van der Waals surface area contributed by atoms with Crippen LogP contribution in [0.4, 0.5) is 5.69 Å². The first-order valence-electron chi connectivity index (χ1n) is 7.95. The van der Waals surface area contributed by atoms with E-state index in [1.807, 2.05) is 13.8 Å². The van der Waals surface area contributed by atoms with E-state index in [-0.39, 0.29) is 55.3 Å². The van der Waals surface area contributed by atoms with Gasteiger partial charge in [-0.05, 0) is 39.0 Å². The molecule has 2 amide bonds. The van der Waals surface area contributed by atoms with Crippen LogP contribution in [-0.4, -0.2) is 53.5 Å². The Bertz CT molecular complexity index is 656. The summed E-state index contributed by atoms with van der Waals surface area (Å²) in [6.07, 6.45) is 0.0166. The third kappa shape index (κ3) is 3.67. The Kier molecular flexibility index (Phi) is 5.43. The van der Waals surface area contributed by atoms with Crippen LogP contribution in [0.3, 0.4) is 0 Å². The number of anilines is 1. The summed E-state index contributed by atoms with van der Waals surface area (Å²) in [4.78, 5) is 39.7. The fourth-order valence-corrected chi connectivity index (χ4v) is 2.73. The van der Waals surface area contributed by atoms with E-state index < -0.39 is 5.97 Å². The lowest BCUT2D eigenvalue weighted by Gasteiger charge is -2.26. The summed E-state index contributed by atoms with van der Waals surface area (Å²) >= 11 is 0. The van der Waals surface area contributed by atoms with Gasteiger partial charge in [0.25, 0.3) is 5.91 Å². The average Bonchev–Trinajstić information content (AvgIpc) is 2.61. The molecule has 0 aromatic heterocycles. The van der Waals surface area contributed by atoms with Gasteiger partial charge in [0.15, 0.2) is 0 Å². The van der Waals surface area contributed by atoms with Crippen molar-refractivity contribution >= 4 is 23.5 Å². The number of benzene rings is 1. The number of aromatic hydroxyl groups is 1. The molecule has 130 valence electrons. The normalized spacial score (nSPS) is 14.7. The van der Waals surface area contributed by atoms with Crippen LogP contribution in [0.15, 0.2) is 18.2 Å². The summed E-state index contributed by atoms with van der Waals surface area (Å²) in [7, 11) is 0. The number of phenolic OH excluding ortho intramolecular Hbond substituents is 1. The Morgan fingerprint density at radius 1 is 1.33 bits per heavy atom. The van der Waals surface area contributed by atoms with Crippen LogP contribution in [0.25, 0.3) is 0 Å². The second-order valence-corrected chi connectivity index (χ2v) is 5.84. The minimum Gasteiger partial charge on any atom is -0.508 e. The van der Waals surface area contributed by atoms with E-state index >= 15 is 0 Å². The first-order valence-corrected chi connectivity index (χ1v) is 7.95. The number of ether oxygens (including phenoxy) is 1. The maximum absolute atomic E-state index is 12.8. The van der Waals surface area contributed by atoms with Gasteiger partial charge in [0, 0.05) is 12.6 Å². The molecule has 1 heterocycles. The first-order chi connectivity index (χ1) is 11.3. The monoisotopic (exact) mass is 334 g/mol. The molecule has 1 aliphatic heterocycles. The van der Waals surface area contributed by atoms with Crippen molar-refractivity contribution in [3.05, 3.63) is 23.8 Å². The van der Waals surface area contributed by atoms with Crippen molar-refractivity contribution < 1.29 is 24.2 Å². The number of phenols is 1. The molecule has 1 aliphatic rings. The molecule has 1 aromatic rings. The highest BCUT2D eigenvalue weighted by molar-refractivity contribution is 6.10. The van der Waals surface area contributed by atoms with Crippen LogP contribution in [0, 0.1) is 0 Å². The summed E-state index contributed by atoms with van der Waals surface area (Å²) in [5, 5.41) is 9.71. The Morgan fingerprint density at radius 2 is 2.04 bits per heavy atom. The maximum Gasteiger partial charge on any atom is 0.307 e. The number of amides is 2. The van der Waals surface area contributed by atoms with Crippen molar-refractivity contribution in [2.75, 3.05) is 24.6 Å². The van der Waals surface area contributed by atoms with Crippen LogP contribution < -0.4 is 4.90 Å². The highest BCUT2D eigenvalue weighted by atomic mass is 16.5. The van der Waals surface area contributed by atoms with E-state index in [0.29, 0.717) is 5.69 Å². The molecule has 0 aliphatic carbocycles. The summed E-state index contributed by atoms with van der Waals surface area (Å²) in [5.74, 6) is -1.09. The lowest BCUT2D eigenvalue weighted by Crippen LogP contribution is -2.43. The van der Waals surface area contributed by atoms with Crippen LogP contribution in [0.1, 0.15) is 37.6 Å². The van der Waals surface area contributed by atoms with Gasteiger partial charge in [-0.2, -0.15) is 0 Å². The molecule has 7 heteroatoms. The zero-order valence-electron chi connectivity index (χ0n) is 14.1. The number of hydrogen-bond acceptors (Lipinski definition) is 5. The van der Waals surface area contributed by atoms with Gasteiger partial charge in [0.1, 0.15) is 12.3 Å². The van der Waals surface area contributed by atoms with Gasteiger partial charge in [0.2, 0.25) is 5.91 Å². The van der Waals surface area contributed by atoms with E-state index in [1.165, 1.54) is 21.9 Å². The molecule has 2 rings (SSSR count). The molecule has 24 heavy (non-hydrogen) atoms. The Labute approximate surface area is 140 Å². The number of fused-ring (bicyclic) bond motifs is 1. The van der Waals surface area contributed by atoms with Gasteiger partial charge in [-0.3, -0.25) is 14.4 Å². The smallest absolute Gasteiger partial charge is 0.307 e. The van der Waals surface area contributed by atoms with Crippen molar-refractivity contribution in [1.29, 1.82) is 0 Å². The van der Waals surface area contributed by atoms with Crippen LogP contribution in [-0.2, 0) is 14.3 Å². The molecule has 0 atom stereocenters. The van der Waals surface area contributed by atoms with Crippen LogP contribution in [0.2, 0.25) is 0 Å². The molecule has 0 spiro atoms. The van der Waals surface area contributed by atoms with Crippen molar-refractivity contribution in [2.24, 2.45) is 0 Å². The van der Waals surface area contributed by atoms with Crippen molar-refractivity contribution in [3.8, 4) is 5.75 Å². The van der Waals surface area contributed by atoms with E-state index in [4.69, 9.17) is 4.74 Å². The predicted octanol–water partition coefficient (Wildman–Crippen LogP) is 1.54. The summed E-state index contributed by atoms with van der Waals surface area (Å²) in [6.45, 7) is 5.65. The van der Waals surface area contributed by atoms with E-state index in [9.17, 15) is 19.5 Å². The molecule has 0 unspecified atom stereocenters. The molecule has 1 aromatic carbocycles. The highest BCUT2D eigenvalue weighted by Gasteiger charge is 2.33. The van der Waals surface area contributed by atoms with Crippen molar-refractivity contribution in [1.82, 2.24) is 4.90 Å². The minimum absolute atomic E-state index is 0.0166. The zero-order chi connectivity index (χ0) is 17.9. The van der Waals surface area contributed by atoms with Gasteiger partial charge < -0.3 is 19.6 Å². The van der Waals surface area contributed by atoms with Gasteiger partial charge in [-0.15, -0.1) is 0 Å². The second kappa shape index (κ2) is 7.33. The Hall–Kier alpha value is -2.57. The van der Waals surface area contributed by atoms with Crippen molar-refractivity contribution in [2.45, 2.75) is 33.2 Å². The van der Waals surface area contributed by atoms with Crippen molar-refractivity contribution in [3.63, 3.8) is 0 Å². The summed E-state index contributed by atoms with van der Waals surface area (Å²) in [5.41, 5.74) is 0.717. The van der Waals surface area contributed by atoms with Crippen LogP contribution >= 0.6 is 0 Å². The second-order valence-electron chi connectivity index (χ2n) is 5.84. The van der Waals surface area contributed by atoms with E-state index in [2.05, 4.69) is 0 Å². The van der Waals surface area contributed by atoms with E-state index in [0.717, 1.165) is 0 Å². The van der Waals surface area contributed by atoms with Gasteiger partial charge in [-0.25, -0.2) is 0 Å². The SMILES string of the molecule is CCOC(=O)CCN1CC(=O)N(C(C)C)c2ccc(O)cc2C1=O. The van der Waals surface area contributed by atoms with Crippen LogP contribution in [0.5, 0.6) is 5.75 Å². The first kappa shape index (κ1) is 17.8. The Balaban J connectivity index is 2.34. The molecule has 0 radical (unpaired) electrons. The third-order valence-electron chi connectivity index (χ3n) is 3.76. The fraction of sp³-hybridized carbons (Fsp3) is 0.471. The summed E-state index contributed by atoms with van der Waals surface area (Å²) < 4.78 is 4.86. The number of nitrogens with zero attached hydrogens (tertiary/aromatic N) is 2. The number of carbonyl (C=O) groups excluding carboxylic acids is 3. The van der Waals surface area contributed by atoms with E-state index in [1.54, 1.807) is 13.0 Å². The lowest BCUT2D eigenvalue weighted by atomic mass is 10.1. The topological polar surface area (TPSA) is 87.2 Å².